The molecule has 1 heterocycles. The van der Waals surface area contributed by atoms with Crippen molar-refractivity contribution in [3.05, 3.63) is 65.5 Å². The van der Waals surface area contributed by atoms with E-state index in [1.165, 1.54) is 7.11 Å². The Morgan fingerprint density at radius 1 is 1.11 bits per heavy atom. The second kappa shape index (κ2) is 8.34. The average Bonchev–Trinajstić information content (AvgIpc) is 3.10. The highest BCUT2D eigenvalue weighted by atomic mass is 16.5. The normalized spacial score (nSPS) is 10.4. The van der Waals surface area contributed by atoms with Gasteiger partial charge in [-0.25, -0.2) is 9.48 Å². The zero-order valence-corrected chi connectivity index (χ0v) is 15.8. The molecule has 0 unspecified atom stereocenters. The Balaban J connectivity index is 1.82. The molecule has 0 spiro atoms. The second-order valence-corrected chi connectivity index (χ2v) is 5.86. The first-order valence-electron chi connectivity index (χ1n) is 8.69. The molecule has 28 heavy (non-hydrogen) atoms. The minimum atomic E-state index is -0.440. The number of anilines is 1. The zero-order chi connectivity index (χ0) is 20.1. The van der Waals surface area contributed by atoms with Crippen LogP contribution in [0.3, 0.4) is 0 Å². The van der Waals surface area contributed by atoms with Crippen LogP contribution in [0.4, 0.5) is 5.69 Å². The summed E-state index contributed by atoms with van der Waals surface area (Å²) in [6, 6.07) is 13.8. The number of methoxy groups -OCH3 is 1. The van der Waals surface area contributed by atoms with Crippen LogP contribution in [0.1, 0.15) is 33.5 Å². The van der Waals surface area contributed by atoms with Crippen LogP contribution in [0.25, 0.3) is 5.69 Å². The van der Waals surface area contributed by atoms with Gasteiger partial charge in [0, 0.05) is 5.69 Å². The summed E-state index contributed by atoms with van der Waals surface area (Å²) in [6.45, 7) is 4.17. The van der Waals surface area contributed by atoms with E-state index in [1.54, 1.807) is 35.9 Å². The molecule has 0 saturated heterocycles. The molecule has 2 aromatic carbocycles. The Hall–Kier alpha value is -3.68. The summed E-state index contributed by atoms with van der Waals surface area (Å²) in [4.78, 5) is 24.1. The van der Waals surface area contributed by atoms with Crippen molar-refractivity contribution in [2.45, 2.75) is 13.8 Å². The number of ether oxygens (including phenoxy) is 2. The monoisotopic (exact) mass is 380 g/mol. The number of hydrogen-bond donors (Lipinski definition) is 1. The molecule has 144 valence electrons. The molecule has 0 aliphatic heterocycles. The van der Waals surface area contributed by atoms with Crippen molar-refractivity contribution < 1.29 is 19.1 Å². The maximum atomic E-state index is 12.6. The number of aromatic nitrogens is 3. The van der Waals surface area contributed by atoms with Gasteiger partial charge in [-0.1, -0.05) is 17.3 Å². The Morgan fingerprint density at radius 3 is 2.50 bits per heavy atom. The molecule has 1 amide bonds. The van der Waals surface area contributed by atoms with Crippen molar-refractivity contribution in [3.63, 3.8) is 0 Å². The van der Waals surface area contributed by atoms with Crippen LogP contribution in [-0.4, -0.2) is 40.6 Å². The summed E-state index contributed by atoms with van der Waals surface area (Å²) >= 11 is 0. The second-order valence-electron chi connectivity index (χ2n) is 5.86. The fourth-order valence-electron chi connectivity index (χ4n) is 2.68. The molecule has 0 atom stereocenters. The highest BCUT2D eigenvalue weighted by molar-refractivity contribution is 6.03. The number of nitrogens with zero attached hydrogens (tertiary/aromatic N) is 3. The van der Waals surface area contributed by atoms with Gasteiger partial charge in [0.2, 0.25) is 0 Å². The van der Waals surface area contributed by atoms with E-state index in [1.807, 2.05) is 31.2 Å². The highest BCUT2D eigenvalue weighted by Gasteiger charge is 2.19. The van der Waals surface area contributed by atoms with Gasteiger partial charge in [0.25, 0.3) is 5.91 Å². The first-order valence-corrected chi connectivity index (χ1v) is 8.69. The number of nitrogens with one attached hydrogen (secondary N) is 1. The van der Waals surface area contributed by atoms with Gasteiger partial charge < -0.3 is 14.8 Å². The van der Waals surface area contributed by atoms with Gasteiger partial charge in [-0.3, -0.25) is 4.79 Å². The quantitative estimate of drug-likeness (QED) is 0.661. The number of carbonyl (C=O) groups is 2. The van der Waals surface area contributed by atoms with Crippen LogP contribution in [0.15, 0.2) is 48.5 Å². The Morgan fingerprint density at radius 2 is 1.82 bits per heavy atom. The molecule has 0 aliphatic carbocycles. The predicted octanol–water partition coefficient (Wildman–Crippen LogP) is 3.01. The molecule has 1 aromatic heterocycles. The number of amides is 1. The van der Waals surface area contributed by atoms with E-state index < -0.39 is 11.9 Å². The SMILES string of the molecule is CCOc1ccccc1-n1nnc(C(=O)Nc2ccc(C(=O)OC)cc2)c1C. The Labute approximate surface area is 162 Å². The van der Waals surface area contributed by atoms with E-state index in [9.17, 15) is 9.59 Å². The fourth-order valence-corrected chi connectivity index (χ4v) is 2.68. The number of para-hydroxylation sites is 2. The molecule has 8 heteroatoms. The van der Waals surface area contributed by atoms with Crippen molar-refractivity contribution in [2.24, 2.45) is 0 Å². The number of carbonyl (C=O) groups excluding carboxylic acids is 2. The van der Waals surface area contributed by atoms with E-state index in [0.29, 0.717) is 35.0 Å². The van der Waals surface area contributed by atoms with Gasteiger partial charge >= 0.3 is 5.97 Å². The lowest BCUT2D eigenvalue weighted by Gasteiger charge is -2.10. The third-order valence-electron chi connectivity index (χ3n) is 4.07. The zero-order valence-electron chi connectivity index (χ0n) is 15.8. The molecule has 1 N–H and O–H groups in total. The predicted molar refractivity (Wildman–Crippen MR) is 103 cm³/mol. The van der Waals surface area contributed by atoms with E-state index in [2.05, 4.69) is 20.4 Å². The highest BCUT2D eigenvalue weighted by Crippen LogP contribution is 2.24. The van der Waals surface area contributed by atoms with Crippen molar-refractivity contribution in [3.8, 4) is 11.4 Å². The molecule has 3 rings (SSSR count). The summed E-state index contributed by atoms with van der Waals surface area (Å²) in [7, 11) is 1.31. The van der Waals surface area contributed by atoms with Crippen LogP contribution < -0.4 is 10.1 Å². The number of rotatable bonds is 6. The van der Waals surface area contributed by atoms with Gasteiger partial charge in [-0.2, -0.15) is 0 Å². The van der Waals surface area contributed by atoms with Gasteiger partial charge in [-0.05, 0) is 50.2 Å². The molecular formula is C20H20N4O4. The van der Waals surface area contributed by atoms with Crippen LogP contribution in [0.2, 0.25) is 0 Å². The summed E-state index contributed by atoms with van der Waals surface area (Å²) in [5.41, 5.74) is 2.41. The van der Waals surface area contributed by atoms with Crippen LogP contribution in [0, 0.1) is 6.92 Å². The Kier molecular flexibility index (Phi) is 5.69. The lowest BCUT2D eigenvalue weighted by atomic mass is 10.2. The van der Waals surface area contributed by atoms with Crippen molar-refractivity contribution >= 4 is 17.6 Å². The molecule has 0 radical (unpaired) electrons. The minimum absolute atomic E-state index is 0.198. The third-order valence-corrected chi connectivity index (χ3v) is 4.07. The summed E-state index contributed by atoms with van der Waals surface area (Å²) < 4.78 is 11.9. The third kappa shape index (κ3) is 3.85. The van der Waals surface area contributed by atoms with E-state index in [0.717, 1.165) is 0 Å². The molecule has 0 bridgehead atoms. The van der Waals surface area contributed by atoms with Gasteiger partial charge in [0.05, 0.1) is 25.0 Å². The topological polar surface area (TPSA) is 95.3 Å². The standard InChI is InChI=1S/C20H20N4O4/c1-4-28-17-8-6-5-7-16(17)24-13(2)18(22-23-24)19(25)21-15-11-9-14(10-12-15)20(26)27-3/h5-12H,4H2,1-3H3,(H,21,25). The largest absolute Gasteiger partial charge is 0.492 e. The maximum Gasteiger partial charge on any atom is 0.337 e. The molecule has 0 aliphatic rings. The lowest BCUT2D eigenvalue weighted by molar-refractivity contribution is 0.0600. The first-order chi connectivity index (χ1) is 13.5. The van der Waals surface area contributed by atoms with Crippen molar-refractivity contribution in [1.29, 1.82) is 0 Å². The molecule has 3 aromatic rings. The van der Waals surface area contributed by atoms with E-state index in [4.69, 9.17) is 4.74 Å². The summed E-state index contributed by atoms with van der Waals surface area (Å²) in [5, 5.41) is 10.9. The molecule has 0 fully saturated rings. The van der Waals surface area contributed by atoms with Gasteiger partial charge in [-0.15, -0.1) is 5.10 Å². The fraction of sp³-hybridized carbons (Fsp3) is 0.200. The van der Waals surface area contributed by atoms with Gasteiger partial charge in [0.1, 0.15) is 11.4 Å². The molecule has 8 nitrogen and oxygen atoms in total. The van der Waals surface area contributed by atoms with E-state index >= 15 is 0 Å². The van der Waals surface area contributed by atoms with Crippen LogP contribution >= 0.6 is 0 Å². The minimum Gasteiger partial charge on any atom is -0.492 e. The smallest absolute Gasteiger partial charge is 0.337 e. The Bertz CT molecular complexity index is 996. The average molecular weight is 380 g/mol. The first kappa shape index (κ1) is 19.1. The maximum absolute atomic E-state index is 12.6. The molecular weight excluding hydrogens is 360 g/mol. The van der Waals surface area contributed by atoms with Crippen LogP contribution in [-0.2, 0) is 4.74 Å². The van der Waals surface area contributed by atoms with Crippen LogP contribution in [0.5, 0.6) is 5.75 Å². The van der Waals surface area contributed by atoms with Gasteiger partial charge in [0.15, 0.2) is 5.69 Å². The van der Waals surface area contributed by atoms with E-state index in [-0.39, 0.29) is 5.69 Å². The number of hydrogen-bond acceptors (Lipinski definition) is 6. The van der Waals surface area contributed by atoms with Crippen molar-refractivity contribution in [2.75, 3.05) is 19.0 Å². The molecule has 0 saturated carbocycles. The summed E-state index contributed by atoms with van der Waals surface area (Å²) in [6.07, 6.45) is 0. The number of esters is 1. The van der Waals surface area contributed by atoms with Crippen molar-refractivity contribution in [1.82, 2.24) is 15.0 Å². The lowest BCUT2D eigenvalue weighted by Crippen LogP contribution is -2.14. The number of benzene rings is 2. The summed E-state index contributed by atoms with van der Waals surface area (Å²) in [5.74, 6) is -0.184.